The van der Waals surface area contributed by atoms with Gasteiger partial charge in [0.15, 0.2) is 5.42 Å². The normalized spacial score (nSPS) is 13.2. The Kier molecular flexibility index (Phi) is 3.09. The van der Waals surface area contributed by atoms with Gasteiger partial charge >= 0.3 is 0 Å². The molecule has 0 atom stereocenters. The zero-order valence-corrected chi connectivity index (χ0v) is 7.92. The maximum Gasteiger partial charge on any atom is 0.162 e. The van der Waals surface area contributed by atoms with Gasteiger partial charge in [-0.1, -0.05) is 25.1 Å². The van der Waals surface area contributed by atoms with Crippen molar-refractivity contribution in [1.82, 2.24) is 5.16 Å². The highest BCUT2D eigenvalue weighted by Gasteiger charge is 2.00. The van der Waals surface area contributed by atoms with E-state index >= 15 is 0 Å². The van der Waals surface area contributed by atoms with Crippen molar-refractivity contribution in [3.8, 4) is 0 Å². The summed E-state index contributed by atoms with van der Waals surface area (Å²) in [5.41, 5.74) is 1.95. The molecule has 0 amide bonds. The van der Waals surface area contributed by atoms with Gasteiger partial charge in [-0.15, -0.1) is 0 Å². The van der Waals surface area contributed by atoms with E-state index in [0.29, 0.717) is 0 Å². The molecule has 1 aromatic heterocycles. The minimum atomic E-state index is 0.948. The van der Waals surface area contributed by atoms with E-state index in [4.69, 9.17) is 4.52 Å². The predicted octanol–water partition coefficient (Wildman–Crippen LogP) is 1.36. The van der Waals surface area contributed by atoms with Crippen LogP contribution in [0.5, 0.6) is 0 Å². The number of aryl methyl sites for hydroxylation is 1. The first-order valence-corrected chi connectivity index (χ1v) is 4.50. The van der Waals surface area contributed by atoms with Crippen LogP contribution in [0.3, 0.4) is 0 Å². The first kappa shape index (κ1) is 9.04. The lowest BCUT2D eigenvalue weighted by Gasteiger charge is -1.89. The molecule has 12 heavy (non-hydrogen) atoms. The summed E-state index contributed by atoms with van der Waals surface area (Å²) in [6.07, 6.45) is 6.48. The SMILES string of the molecule is CC.Cc1noc2c1=CCCC=2. The molecular weight excluding hydrogens is 150 g/mol. The van der Waals surface area contributed by atoms with E-state index in [1.54, 1.807) is 0 Å². The van der Waals surface area contributed by atoms with E-state index in [2.05, 4.69) is 17.3 Å². The molecule has 0 fully saturated rings. The maximum absolute atomic E-state index is 5.05. The van der Waals surface area contributed by atoms with Crippen LogP contribution in [0.25, 0.3) is 12.2 Å². The van der Waals surface area contributed by atoms with Gasteiger partial charge in [0.25, 0.3) is 0 Å². The largest absolute Gasteiger partial charge is 0.356 e. The third-order valence-electron chi connectivity index (χ3n) is 1.78. The van der Waals surface area contributed by atoms with E-state index in [-0.39, 0.29) is 0 Å². The summed E-state index contributed by atoms with van der Waals surface area (Å²) >= 11 is 0. The summed E-state index contributed by atoms with van der Waals surface area (Å²) in [5.74, 6) is 0. The van der Waals surface area contributed by atoms with Gasteiger partial charge in [-0.25, -0.2) is 0 Å². The van der Waals surface area contributed by atoms with Crippen LogP contribution in [0, 0.1) is 6.92 Å². The predicted molar refractivity (Wildman–Crippen MR) is 50.0 cm³/mol. The van der Waals surface area contributed by atoms with Gasteiger partial charge in [0.2, 0.25) is 0 Å². The van der Waals surface area contributed by atoms with E-state index < -0.39 is 0 Å². The topological polar surface area (TPSA) is 26.0 Å². The highest BCUT2D eigenvalue weighted by molar-refractivity contribution is 5.35. The van der Waals surface area contributed by atoms with Gasteiger partial charge in [-0.3, -0.25) is 0 Å². The van der Waals surface area contributed by atoms with Crippen LogP contribution in [0.4, 0.5) is 0 Å². The number of hydrogen-bond donors (Lipinski definition) is 0. The van der Waals surface area contributed by atoms with E-state index in [0.717, 1.165) is 24.0 Å². The standard InChI is InChI=1S/C8H9NO.C2H6/c1-6-7-4-2-3-5-8(7)10-9-6;1-2/h4-5H,2-3H2,1H3;1-2H3. The Hall–Kier alpha value is -1.05. The molecule has 0 saturated carbocycles. The lowest BCUT2D eigenvalue weighted by Crippen LogP contribution is -2.23. The second-order valence-electron chi connectivity index (χ2n) is 2.53. The van der Waals surface area contributed by atoms with Gasteiger partial charge in [0.1, 0.15) is 0 Å². The summed E-state index contributed by atoms with van der Waals surface area (Å²) in [5, 5.41) is 5.05. The zero-order chi connectivity index (χ0) is 8.97. The summed E-state index contributed by atoms with van der Waals surface area (Å²) in [7, 11) is 0. The Morgan fingerprint density at radius 3 is 2.58 bits per heavy atom. The molecule has 1 aromatic rings. The van der Waals surface area contributed by atoms with Crippen molar-refractivity contribution in [2.24, 2.45) is 0 Å². The number of rotatable bonds is 0. The van der Waals surface area contributed by atoms with Crippen LogP contribution >= 0.6 is 0 Å². The Labute approximate surface area is 72.6 Å². The summed E-state index contributed by atoms with van der Waals surface area (Å²) in [6, 6.07) is 0. The fourth-order valence-corrected chi connectivity index (χ4v) is 1.23. The van der Waals surface area contributed by atoms with Crippen molar-refractivity contribution < 1.29 is 4.52 Å². The van der Waals surface area contributed by atoms with E-state index in [1.165, 1.54) is 5.22 Å². The minimum Gasteiger partial charge on any atom is -0.356 e. The van der Waals surface area contributed by atoms with Gasteiger partial charge < -0.3 is 4.52 Å². The minimum absolute atomic E-state index is 0.948. The Balaban J connectivity index is 0.000000336. The van der Waals surface area contributed by atoms with Crippen LogP contribution in [-0.4, -0.2) is 5.16 Å². The lowest BCUT2D eigenvalue weighted by molar-refractivity contribution is 0.388. The highest BCUT2D eigenvalue weighted by Crippen LogP contribution is 1.95. The summed E-state index contributed by atoms with van der Waals surface area (Å²) in [6.45, 7) is 5.97. The molecule has 0 radical (unpaired) electrons. The molecule has 0 aliphatic heterocycles. The highest BCUT2D eigenvalue weighted by atomic mass is 16.5. The Morgan fingerprint density at radius 2 is 1.92 bits per heavy atom. The van der Waals surface area contributed by atoms with Crippen molar-refractivity contribution in [2.75, 3.05) is 0 Å². The average molecular weight is 165 g/mol. The molecule has 1 aliphatic carbocycles. The van der Waals surface area contributed by atoms with E-state index in [9.17, 15) is 0 Å². The number of nitrogens with zero attached hydrogens (tertiary/aromatic N) is 1. The van der Waals surface area contributed by atoms with E-state index in [1.807, 2.05) is 20.8 Å². The quantitative estimate of drug-likeness (QED) is 0.580. The zero-order valence-electron chi connectivity index (χ0n) is 7.92. The summed E-state index contributed by atoms with van der Waals surface area (Å²) in [4.78, 5) is 0. The lowest BCUT2D eigenvalue weighted by atomic mass is 10.1. The average Bonchev–Trinajstić information content (AvgIpc) is 2.53. The Morgan fingerprint density at radius 1 is 1.25 bits per heavy atom. The number of fused-ring (bicyclic) bond motifs is 1. The van der Waals surface area contributed by atoms with Gasteiger partial charge in [0.05, 0.1) is 5.69 Å². The second-order valence-corrected chi connectivity index (χ2v) is 2.53. The molecule has 0 bridgehead atoms. The molecule has 0 unspecified atom stereocenters. The van der Waals surface area contributed by atoms with Crippen LogP contribution in [0.15, 0.2) is 4.52 Å². The van der Waals surface area contributed by atoms with Crippen LogP contribution in [-0.2, 0) is 0 Å². The first-order chi connectivity index (χ1) is 5.88. The molecule has 1 heterocycles. The summed E-state index contributed by atoms with van der Waals surface area (Å²) < 4.78 is 5.05. The molecule has 0 saturated heterocycles. The maximum atomic E-state index is 5.05. The Bertz CT molecular complexity index is 348. The smallest absolute Gasteiger partial charge is 0.162 e. The van der Waals surface area contributed by atoms with Gasteiger partial charge in [0, 0.05) is 5.22 Å². The molecule has 0 spiro atoms. The molecule has 0 N–H and O–H groups in total. The van der Waals surface area contributed by atoms with Crippen molar-refractivity contribution in [3.05, 3.63) is 16.3 Å². The molecular formula is C10H15NO. The van der Waals surface area contributed by atoms with Gasteiger partial charge in [-0.2, -0.15) is 0 Å². The third kappa shape index (κ3) is 1.58. The van der Waals surface area contributed by atoms with Crippen LogP contribution in [0.2, 0.25) is 0 Å². The molecule has 2 rings (SSSR count). The van der Waals surface area contributed by atoms with Crippen LogP contribution in [0.1, 0.15) is 32.4 Å². The van der Waals surface area contributed by atoms with Crippen molar-refractivity contribution >= 4 is 12.2 Å². The molecule has 2 heteroatoms. The second kappa shape index (κ2) is 4.10. The van der Waals surface area contributed by atoms with Crippen LogP contribution < -0.4 is 10.6 Å². The molecule has 2 nitrogen and oxygen atoms in total. The fourth-order valence-electron chi connectivity index (χ4n) is 1.23. The van der Waals surface area contributed by atoms with Crippen molar-refractivity contribution in [2.45, 2.75) is 33.6 Å². The monoisotopic (exact) mass is 165 g/mol. The van der Waals surface area contributed by atoms with Crippen molar-refractivity contribution in [3.63, 3.8) is 0 Å². The first-order valence-electron chi connectivity index (χ1n) is 4.50. The third-order valence-corrected chi connectivity index (χ3v) is 1.78. The molecule has 0 aromatic carbocycles. The molecule has 1 aliphatic rings. The number of aromatic nitrogens is 1. The molecule has 66 valence electrons. The van der Waals surface area contributed by atoms with Gasteiger partial charge in [-0.05, 0) is 25.8 Å². The fraction of sp³-hybridized carbons (Fsp3) is 0.500. The van der Waals surface area contributed by atoms with Crippen molar-refractivity contribution in [1.29, 1.82) is 0 Å². The number of hydrogen-bond acceptors (Lipinski definition) is 2.